The maximum atomic E-state index is 13.9. The van der Waals surface area contributed by atoms with Crippen molar-refractivity contribution in [2.75, 3.05) is 51.6 Å². The van der Waals surface area contributed by atoms with Gasteiger partial charge in [0.15, 0.2) is 5.82 Å². The number of benzene rings is 3. The van der Waals surface area contributed by atoms with Crippen LogP contribution in [0.4, 0.5) is 25.1 Å². The van der Waals surface area contributed by atoms with Crippen molar-refractivity contribution in [3.63, 3.8) is 0 Å². The summed E-state index contributed by atoms with van der Waals surface area (Å²) in [5.74, 6) is -2.83. The summed E-state index contributed by atoms with van der Waals surface area (Å²) in [6.45, 7) is 4.72. The Kier molecular flexibility index (Phi) is 10.5. The van der Waals surface area contributed by atoms with Crippen LogP contribution in [-0.2, 0) is 25.7 Å². The van der Waals surface area contributed by atoms with Crippen molar-refractivity contribution >= 4 is 44.2 Å². The van der Waals surface area contributed by atoms with E-state index in [4.69, 9.17) is 9.47 Å². The molecule has 0 radical (unpaired) electrons. The topological polar surface area (TPSA) is 132 Å². The van der Waals surface area contributed by atoms with E-state index in [9.17, 15) is 26.8 Å². The van der Waals surface area contributed by atoms with E-state index >= 15 is 0 Å². The zero-order valence-corrected chi connectivity index (χ0v) is 26.4. The summed E-state index contributed by atoms with van der Waals surface area (Å²) in [6.07, 6.45) is -0.115. The van der Waals surface area contributed by atoms with Gasteiger partial charge in [0.05, 0.1) is 34.1 Å². The largest absolute Gasteiger partial charge is 0.448 e. The number of hydrogen-bond acceptors (Lipinski definition) is 9. The lowest BCUT2D eigenvalue weighted by Gasteiger charge is -2.19. The number of nitrogens with zero attached hydrogens (tertiary/aromatic N) is 3. The van der Waals surface area contributed by atoms with Gasteiger partial charge in [-0.2, -0.15) is 4.68 Å². The Labute approximate surface area is 260 Å². The van der Waals surface area contributed by atoms with E-state index in [1.54, 1.807) is 20.1 Å². The summed E-state index contributed by atoms with van der Waals surface area (Å²) in [5, 5.41) is 10.3. The lowest BCUT2D eigenvalue weighted by Crippen LogP contribution is -2.24. The van der Waals surface area contributed by atoms with Gasteiger partial charge in [-0.05, 0) is 82.4 Å². The smallest absolute Gasteiger partial charge is 0.435 e. The number of hydrogen-bond donors (Lipinski definition) is 2. The van der Waals surface area contributed by atoms with Gasteiger partial charge in [-0.15, -0.1) is 5.10 Å². The summed E-state index contributed by atoms with van der Waals surface area (Å²) in [5.41, 5.74) is 1.94. The highest BCUT2D eigenvalue weighted by molar-refractivity contribution is 7.91. The predicted molar refractivity (Wildman–Crippen MR) is 166 cm³/mol. The molecule has 4 rings (SSSR count). The molecule has 0 bridgehead atoms. The number of aromatic nitrogens is 2. The molecular formula is C31H35F2N5O6S. The zero-order chi connectivity index (χ0) is 32.9. The first kappa shape index (κ1) is 33.5. The Morgan fingerprint density at radius 3 is 2.38 bits per heavy atom. The van der Waals surface area contributed by atoms with E-state index in [2.05, 4.69) is 15.7 Å². The van der Waals surface area contributed by atoms with E-state index in [-0.39, 0.29) is 39.8 Å². The third kappa shape index (κ3) is 7.82. The molecule has 1 heterocycles. The van der Waals surface area contributed by atoms with Gasteiger partial charge in [-0.1, -0.05) is 6.07 Å². The van der Waals surface area contributed by atoms with Crippen LogP contribution < -0.4 is 10.6 Å². The van der Waals surface area contributed by atoms with Crippen molar-refractivity contribution in [3.05, 3.63) is 77.4 Å². The molecule has 11 nitrogen and oxygen atoms in total. The molecule has 1 aromatic heterocycles. The van der Waals surface area contributed by atoms with Gasteiger partial charge in [0.1, 0.15) is 11.6 Å². The molecule has 0 spiro atoms. The van der Waals surface area contributed by atoms with Gasteiger partial charge >= 0.3 is 6.09 Å². The van der Waals surface area contributed by atoms with Gasteiger partial charge in [0.2, 0.25) is 9.84 Å². The molecule has 0 fully saturated rings. The number of likely N-dealkylation sites (N-methyl/N-ethyl adjacent to an activating group) is 1. The molecule has 0 aliphatic heterocycles. The molecule has 1 atom stereocenters. The Balaban J connectivity index is 1.79. The first-order chi connectivity index (χ1) is 21.3. The highest BCUT2D eigenvalue weighted by atomic mass is 32.2. The average molecular weight is 644 g/mol. The first-order valence-electron chi connectivity index (χ1n) is 14.1. The lowest BCUT2D eigenvalue weighted by molar-refractivity contribution is 0.102. The molecule has 0 aliphatic carbocycles. The van der Waals surface area contributed by atoms with Gasteiger partial charge < -0.3 is 25.0 Å². The molecule has 0 unspecified atom stereocenters. The minimum Gasteiger partial charge on any atom is -0.448 e. The Morgan fingerprint density at radius 2 is 1.73 bits per heavy atom. The quantitative estimate of drug-likeness (QED) is 0.220. The molecule has 14 heteroatoms. The van der Waals surface area contributed by atoms with Crippen molar-refractivity contribution in [1.29, 1.82) is 0 Å². The fraction of sp³-hybridized carbons (Fsp3) is 0.323. The summed E-state index contributed by atoms with van der Waals surface area (Å²) in [7, 11) is 1.10. The standard InChI is InChI=1S/C31H35F2N5O6S/c1-6-44-31(40)38-28-10-8-23(45(41,42)24-15-21(32)14-22(33)16-24)17-26(28)29(36-38)35-30(39)25-9-7-20(11-12-37(3)4)13-27(25)34-19(2)18-43-5/h7-10,13-17,19,34H,6,11-12,18H2,1-5H3,(H,35,36,39)/t19-/m1/s1. The average Bonchev–Trinajstić information content (AvgIpc) is 3.33. The Hall–Kier alpha value is -4.40. The fourth-order valence-electron chi connectivity index (χ4n) is 4.65. The van der Waals surface area contributed by atoms with Gasteiger partial charge in [-0.3, -0.25) is 4.79 Å². The summed E-state index contributed by atoms with van der Waals surface area (Å²) < 4.78 is 65.7. The number of carbonyl (C=O) groups is 2. The summed E-state index contributed by atoms with van der Waals surface area (Å²) in [6, 6.07) is 10.9. The fourth-order valence-corrected chi connectivity index (χ4v) is 5.98. The number of amides is 1. The van der Waals surface area contributed by atoms with Crippen LogP contribution >= 0.6 is 0 Å². The number of fused-ring (bicyclic) bond motifs is 1. The maximum absolute atomic E-state index is 13.9. The molecule has 0 saturated carbocycles. The summed E-state index contributed by atoms with van der Waals surface area (Å²) in [4.78, 5) is 27.6. The molecule has 0 aliphatic rings. The molecule has 1 amide bonds. The number of sulfone groups is 1. The predicted octanol–water partition coefficient (Wildman–Crippen LogP) is 4.96. The first-order valence-corrected chi connectivity index (χ1v) is 15.6. The SMILES string of the molecule is CCOC(=O)n1nc(NC(=O)c2ccc(CCN(C)C)cc2N[C@H](C)COC)c2cc(S(=O)(=O)c3cc(F)cc(F)c3)ccc21. The van der Waals surface area contributed by atoms with Gasteiger partial charge in [0, 0.05) is 36.8 Å². The number of rotatable bonds is 12. The second-order valence-electron chi connectivity index (χ2n) is 10.6. The zero-order valence-electron chi connectivity index (χ0n) is 25.6. The monoisotopic (exact) mass is 643 g/mol. The molecule has 0 saturated heterocycles. The third-order valence-corrected chi connectivity index (χ3v) is 8.51. The van der Waals surface area contributed by atoms with E-state index in [1.807, 2.05) is 38.1 Å². The molecule has 2 N–H and O–H groups in total. The van der Waals surface area contributed by atoms with Crippen LogP contribution in [0.25, 0.3) is 10.9 Å². The number of methoxy groups -OCH3 is 1. The minimum absolute atomic E-state index is 0.0360. The Morgan fingerprint density at radius 1 is 1.02 bits per heavy atom. The van der Waals surface area contributed by atoms with Gasteiger partial charge in [-0.25, -0.2) is 22.0 Å². The van der Waals surface area contributed by atoms with Crippen molar-refractivity contribution in [1.82, 2.24) is 14.7 Å². The molecule has 45 heavy (non-hydrogen) atoms. The van der Waals surface area contributed by atoms with Crippen LogP contribution in [0.15, 0.2) is 64.4 Å². The van der Waals surface area contributed by atoms with Crippen molar-refractivity contribution < 1.29 is 36.3 Å². The third-order valence-electron chi connectivity index (χ3n) is 6.78. The van der Waals surface area contributed by atoms with Crippen LogP contribution in [0.3, 0.4) is 0 Å². The normalized spacial score (nSPS) is 12.4. The highest BCUT2D eigenvalue weighted by Gasteiger charge is 2.25. The van der Waals surface area contributed by atoms with E-state index in [0.29, 0.717) is 30.5 Å². The number of ether oxygens (including phenoxy) is 2. The number of halogens is 2. The highest BCUT2D eigenvalue weighted by Crippen LogP contribution is 2.31. The molecular weight excluding hydrogens is 608 g/mol. The molecule has 240 valence electrons. The lowest BCUT2D eigenvalue weighted by atomic mass is 10.0. The van der Waals surface area contributed by atoms with E-state index in [1.165, 1.54) is 18.2 Å². The van der Waals surface area contributed by atoms with Crippen LogP contribution in [-0.4, -0.2) is 82.1 Å². The van der Waals surface area contributed by atoms with Crippen LogP contribution in [0.2, 0.25) is 0 Å². The molecule has 3 aromatic carbocycles. The summed E-state index contributed by atoms with van der Waals surface area (Å²) >= 11 is 0. The van der Waals surface area contributed by atoms with Gasteiger partial charge in [0.25, 0.3) is 5.91 Å². The second-order valence-corrected chi connectivity index (χ2v) is 12.6. The van der Waals surface area contributed by atoms with Crippen molar-refractivity contribution in [3.8, 4) is 0 Å². The van der Waals surface area contributed by atoms with Crippen molar-refractivity contribution in [2.45, 2.75) is 36.1 Å². The second kappa shape index (κ2) is 14.1. The number of carbonyl (C=O) groups excluding carboxylic acids is 2. The minimum atomic E-state index is -4.41. The van der Waals surface area contributed by atoms with Crippen molar-refractivity contribution in [2.24, 2.45) is 0 Å². The van der Waals surface area contributed by atoms with Crippen LogP contribution in [0.1, 0.15) is 29.8 Å². The van der Waals surface area contributed by atoms with Crippen LogP contribution in [0.5, 0.6) is 0 Å². The van der Waals surface area contributed by atoms with E-state index in [0.717, 1.165) is 23.2 Å². The Bertz CT molecular complexity index is 1810. The maximum Gasteiger partial charge on any atom is 0.435 e. The van der Waals surface area contributed by atoms with E-state index < -0.39 is 38.4 Å². The number of anilines is 2. The molecule has 4 aromatic rings. The van der Waals surface area contributed by atoms with Crippen LogP contribution in [0, 0.1) is 11.6 Å². The number of nitrogens with one attached hydrogen (secondary N) is 2.